The van der Waals surface area contributed by atoms with Gasteiger partial charge in [0.2, 0.25) is 0 Å². The van der Waals surface area contributed by atoms with E-state index in [1.165, 1.54) is 264 Å². The predicted octanol–water partition coefficient (Wildman–Crippen LogP) is 3.16. The molecule has 0 radical (unpaired) electrons. The minimum atomic E-state index is -0.272. The van der Waals surface area contributed by atoms with E-state index in [0.717, 1.165) is 99.6 Å². The molecule has 19 nitrogen and oxygen atoms in total. The zero-order chi connectivity index (χ0) is 58.7. The average Bonchev–Trinajstić information content (AvgIpc) is 2.24. The van der Waals surface area contributed by atoms with Gasteiger partial charge in [0.15, 0.2) is 0 Å². The van der Waals surface area contributed by atoms with Gasteiger partial charge in [-0.2, -0.15) is 0 Å². The lowest BCUT2D eigenvalue weighted by molar-refractivity contribution is -0.173. The second kappa shape index (κ2) is 36.1. The Labute approximate surface area is 515 Å². The first kappa shape index (κ1) is 67.3. The van der Waals surface area contributed by atoms with Crippen LogP contribution >= 0.6 is 0 Å². The quantitative estimate of drug-likeness (QED) is 0.157. The van der Waals surface area contributed by atoms with Crippen LogP contribution in [0.5, 0.6) is 0 Å². The highest BCUT2D eigenvalue weighted by molar-refractivity contribution is 5.70. The number of alkyl carbamates (subject to hydrolysis) is 1. The molecule has 0 aromatic rings. The molecule has 0 aromatic carbocycles. The van der Waals surface area contributed by atoms with E-state index in [0.29, 0.717) is 23.8 Å². The van der Waals surface area contributed by atoms with E-state index in [1.807, 2.05) is 0 Å². The number of carbonyl (C=O) groups is 1. The lowest BCUT2D eigenvalue weighted by Gasteiger charge is -2.49. The molecule has 15 N–H and O–H groups in total. The van der Waals surface area contributed by atoms with Crippen molar-refractivity contribution in [2.24, 2.45) is 34.0 Å². The number of piperidine rings is 3. The number of rotatable bonds is 0. The third-order valence-corrected chi connectivity index (χ3v) is 21.3. The fourth-order valence-corrected chi connectivity index (χ4v) is 13.7. The summed E-state index contributed by atoms with van der Waals surface area (Å²) in [7, 11) is 0. The van der Waals surface area contributed by atoms with Crippen LogP contribution in [0.3, 0.4) is 0 Å². The minimum Gasteiger partial charge on any atom is -0.443 e. The number of hydrogen-bond acceptors (Lipinski definition) is 18. The van der Waals surface area contributed by atoms with Gasteiger partial charge in [0.25, 0.3) is 0 Å². The Morgan fingerprint density at radius 2 is 0.929 bits per heavy atom. The number of allylic oxidation sites excluding steroid dienone is 1. The van der Waals surface area contributed by atoms with Gasteiger partial charge in [-0.1, -0.05) is 44.4 Å². The lowest BCUT2D eigenvalue weighted by atomic mass is 9.65. The second-order valence-corrected chi connectivity index (χ2v) is 28.8. The maximum atomic E-state index is 10.5. The van der Waals surface area contributed by atoms with Gasteiger partial charge in [0.1, 0.15) is 6.10 Å². The van der Waals surface area contributed by atoms with Crippen molar-refractivity contribution in [3.05, 3.63) is 24.4 Å². The number of nitrogens with one attached hydrogen (secondary N) is 15. The summed E-state index contributed by atoms with van der Waals surface area (Å²) in [5.41, 5.74) is 5.43. The Hall–Kier alpha value is -2.05. The zero-order valence-corrected chi connectivity index (χ0v) is 53.3. The smallest absolute Gasteiger partial charge is 0.407 e. The first-order chi connectivity index (χ1) is 41.7. The topological polar surface area (TPSA) is 225 Å². The molecule has 19 heteroatoms. The number of ether oxygens (including phenoxy) is 3. The molecule has 8 atom stereocenters. The fourth-order valence-electron chi connectivity index (χ4n) is 13.7. The summed E-state index contributed by atoms with van der Waals surface area (Å²) < 4.78 is 15.5. The molecule has 4 aliphatic carbocycles. The molecule has 488 valence electrons. The number of fused-ring (bicyclic) bond motifs is 5. The number of carbonyl (C=O) groups excluding carboxylic acids is 1. The third-order valence-electron chi connectivity index (χ3n) is 21.3. The van der Waals surface area contributed by atoms with Crippen molar-refractivity contribution in [2.75, 3.05) is 177 Å². The zero-order valence-electron chi connectivity index (χ0n) is 53.3. The highest BCUT2D eigenvalue weighted by Crippen LogP contribution is 2.48. The van der Waals surface area contributed by atoms with Gasteiger partial charge in [0, 0.05) is 116 Å². The van der Waals surface area contributed by atoms with Crippen LogP contribution in [0, 0.1) is 34.0 Å². The van der Waals surface area contributed by atoms with Gasteiger partial charge in [-0.3, -0.25) is 0 Å². The van der Waals surface area contributed by atoms with Crippen LogP contribution < -0.4 is 79.8 Å². The fraction of sp³-hybridized carbons (Fsp3) is 0.924. The van der Waals surface area contributed by atoms with Gasteiger partial charge in [-0.15, -0.1) is 0 Å². The van der Waals surface area contributed by atoms with Crippen LogP contribution in [0.2, 0.25) is 0 Å². The van der Waals surface area contributed by atoms with E-state index < -0.39 is 0 Å². The van der Waals surface area contributed by atoms with E-state index >= 15 is 0 Å². The van der Waals surface area contributed by atoms with Crippen molar-refractivity contribution in [3.63, 3.8) is 0 Å². The molecule has 21 aliphatic rings. The van der Waals surface area contributed by atoms with E-state index in [4.69, 9.17) is 14.2 Å². The molecular formula is C66H125N15O4. The normalized spacial score (nSPS) is 34.7. The summed E-state index contributed by atoms with van der Waals surface area (Å²) in [6.45, 7) is 39.5. The molecular weight excluding hydrogens is 1070 g/mol. The largest absolute Gasteiger partial charge is 0.443 e. The maximum Gasteiger partial charge on any atom is 0.407 e. The van der Waals surface area contributed by atoms with E-state index in [9.17, 15) is 4.79 Å². The van der Waals surface area contributed by atoms with Gasteiger partial charge in [0.05, 0.1) is 31.0 Å². The molecule has 21 rings (SSSR count). The molecule has 1 amide bonds. The molecule has 2 bridgehead atoms. The first-order valence-electron chi connectivity index (χ1n) is 35.2. The van der Waals surface area contributed by atoms with Crippen LogP contribution in [0.25, 0.3) is 0 Å². The predicted molar refractivity (Wildman–Crippen MR) is 346 cm³/mol. The van der Waals surface area contributed by atoms with Gasteiger partial charge in [-0.25, -0.2) is 4.79 Å². The third kappa shape index (κ3) is 23.6. The van der Waals surface area contributed by atoms with Crippen LogP contribution in [0.1, 0.15) is 141 Å². The van der Waals surface area contributed by atoms with E-state index in [2.05, 4.69) is 92.9 Å². The van der Waals surface area contributed by atoms with E-state index in [1.54, 1.807) is 0 Å². The molecule has 17 saturated heterocycles. The van der Waals surface area contributed by atoms with Gasteiger partial charge >= 0.3 is 6.09 Å². The van der Waals surface area contributed by atoms with Crippen molar-refractivity contribution >= 4 is 6.09 Å². The second-order valence-electron chi connectivity index (χ2n) is 28.8. The summed E-state index contributed by atoms with van der Waals surface area (Å²) in [6, 6.07) is 1.61. The van der Waals surface area contributed by atoms with Crippen molar-refractivity contribution in [2.45, 2.75) is 177 Å². The molecule has 85 heavy (non-hydrogen) atoms. The molecule has 4 saturated carbocycles. The standard InChI is InChI=1S/C7H12N2.2C6H11N.C5H8N2O2.2C5H9NO.3C5H9N.2C5H11N.C4H9N.C3H7N/c1-5-2-6-3-8-4-7(6)9-5;2*1-2-6(3-1)4-7-5-6;8-5-7-3-1-6-2-4(3)9-5;1-4-3-7-5(1)2-6-4;1-2-7-5(1)3-6-4-5;1-4-2-6-3-5(1)4;1-2-5(1)3-6-4-5;1-5-2-3-6-4-5;2*1-2-4-6-5-3-1;1-2-4-5-3-1;1-2-4-3-1/h6-9H,1-4H2;2*7H,1-5H2;3-4,6H,1-2H2,(H,7,8);4-6H,1-3H2;6H,1-4H2;4-6H,1-3H2;2*6H,1-4H2;2*6H,1-5H2;5H,1-4H2;4H,1-3H2. The maximum absolute atomic E-state index is 10.5. The Morgan fingerprint density at radius 1 is 0.435 bits per heavy atom. The first-order valence-corrected chi connectivity index (χ1v) is 35.2. The van der Waals surface area contributed by atoms with Crippen LogP contribution in [0.15, 0.2) is 24.4 Å². The highest BCUT2D eigenvalue weighted by Gasteiger charge is 2.48. The summed E-state index contributed by atoms with van der Waals surface area (Å²) in [4.78, 5) is 10.5. The van der Waals surface area contributed by atoms with Crippen LogP contribution in [-0.4, -0.2) is 219 Å². The van der Waals surface area contributed by atoms with Gasteiger partial charge < -0.3 is 94.0 Å². The number of hydrogen-bond donors (Lipinski definition) is 15. The summed E-state index contributed by atoms with van der Waals surface area (Å²) >= 11 is 0. The minimum absolute atomic E-state index is 0.0810. The van der Waals surface area contributed by atoms with Crippen LogP contribution in [0.4, 0.5) is 4.79 Å². The summed E-state index contributed by atoms with van der Waals surface area (Å²) in [5, 5.41) is 48.3. The van der Waals surface area contributed by atoms with E-state index in [-0.39, 0.29) is 18.2 Å². The van der Waals surface area contributed by atoms with Crippen LogP contribution in [-0.2, 0) is 14.2 Å². The van der Waals surface area contributed by atoms with Crippen molar-refractivity contribution in [1.29, 1.82) is 0 Å². The number of amides is 1. The lowest BCUT2D eigenvalue weighted by Crippen LogP contribution is -2.66. The summed E-state index contributed by atoms with van der Waals surface area (Å²) in [6.07, 6.45) is 31.3. The molecule has 21 fully saturated rings. The Balaban J connectivity index is 0.000000111. The molecule has 8 unspecified atom stereocenters. The SMILES string of the molecule is C1CC12CNC2.C1CC2(C1)CNC2.C1CC2(C1)CNC2.C1CC2(CNC2)O1.C1CCNC1.C1CCNCC1.C1CCNCC1.C1CNC1.C1NCC2CC12.C1OC2CNC1C2.C=C1CC2CNCC2N1.C=C1CCNC1.O=C1NC2CNCC2O1. The monoisotopic (exact) mass is 1190 g/mol. The van der Waals surface area contributed by atoms with Crippen molar-refractivity contribution in [1.82, 2.24) is 79.8 Å². The van der Waals surface area contributed by atoms with Gasteiger partial charge in [-0.05, 0) is 215 Å². The Morgan fingerprint density at radius 3 is 1.15 bits per heavy atom. The Bertz CT molecular complexity index is 1640. The van der Waals surface area contributed by atoms with Crippen molar-refractivity contribution in [3.8, 4) is 0 Å². The molecule has 17 aliphatic heterocycles. The highest BCUT2D eigenvalue weighted by atomic mass is 16.6. The molecule has 0 aromatic heterocycles. The Kier molecular flexibility index (Phi) is 28.6. The van der Waals surface area contributed by atoms with Crippen molar-refractivity contribution < 1.29 is 19.0 Å². The molecule has 17 heterocycles. The average molecular weight is 1190 g/mol. The molecule has 4 spiro atoms. The summed E-state index contributed by atoms with van der Waals surface area (Å²) in [5.74, 6) is 3.03. The number of morpholine rings is 1.